The van der Waals surface area contributed by atoms with E-state index in [1.807, 2.05) is 41.8 Å². The Bertz CT molecular complexity index is 289. The second-order valence-corrected chi connectivity index (χ2v) is 5.69. The average molecular weight is 332 g/mol. The van der Waals surface area contributed by atoms with Gasteiger partial charge in [-0.1, -0.05) is 20.3 Å². The Morgan fingerprint density at radius 3 is 1.96 bits per heavy atom. The molecule has 1 rings (SSSR count). The number of ether oxygens (including phenoxy) is 2. The first-order chi connectivity index (χ1) is 10.8. The van der Waals surface area contributed by atoms with Crippen molar-refractivity contribution in [2.24, 2.45) is 0 Å². The molecule has 0 aromatic carbocycles. The summed E-state index contributed by atoms with van der Waals surface area (Å²) in [5, 5.41) is 0. The molecule has 0 atom stereocenters. The molecule has 6 heteroatoms. The summed E-state index contributed by atoms with van der Waals surface area (Å²) in [6.07, 6.45) is 3.73. The van der Waals surface area contributed by atoms with Crippen LogP contribution < -0.4 is 0 Å². The molecule has 138 valence electrons. The number of methoxy groups -OCH3 is 1. The van der Waals surface area contributed by atoms with Crippen LogP contribution in [0.1, 0.15) is 47.0 Å². The Morgan fingerprint density at radius 1 is 1.04 bits per heavy atom. The molecule has 0 unspecified atom stereocenters. The summed E-state index contributed by atoms with van der Waals surface area (Å²) in [5.74, 6) is -0.285. The molecule has 1 fully saturated rings. The van der Waals surface area contributed by atoms with E-state index in [1.54, 1.807) is 4.90 Å². The lowest BCUT2D eigenvalue weighted by Crippen LogP contribution is -2.34. The second-order valence-electron chi connectivity index (χ2n) is 5.69. The first-order valence-electron chi connectivity index (χ1n) is 8.48. The van der Waals surface area contributed by atoms with Crippen molar-refractivity contribution in [2.75, 3.05) is 47.4 Å². The summed E-state index contributed by atoms with van der Waals surface area (Å²) >= 11 is 0. The van der Waals surface area contributed by atoms with Crippen LogP contribution in [0.5, 0.6) is 0 Å². The summed E-state index contributed by atoms with van der Waals surface area (Å²) in [6.45, 7) is 10.6. The highest BCUT2D eigenvalue weighted by Crippen LogP contribution is 2.07. The van der Waals surface area contributed by atoms with E-state index in [4.69, 9.17) is 4.74 Å². The van der Waals surface area contributed by atoms with E-state index in [9.17, 15) is 9.59 Å². The number of hydrogen-bond acceptors (Lipinski definition) is 6. The third kappa shape index (κ3) is 17.1. The van der Waals surface area contributed by atoms with E-state index in [0.29, 0.717) is 13.1 Å². The van der Waals surface area contributed by atoms with Crippen molar-refractivity contribution in [1.29, 1.82) is 0 Å². The number of likely N-dealkylation sites (N-methyl/N-ethyl adjacent to an activating group) is 1. The number of nitrogens with zero attached hydrogens (tertiary/aromatic N) is 2. The predicted octanol–water partition coefficient (Wildman–Crippen LogP) is 2.17. The molecule has 1 saturated heterocycles. The van der Waals surface area contributed by atoms with Gasteiger partial charge in [-0.2, -0.15) is 0 Å². The Hall–Kier alpha value is -1.14. The van der Waals surface area contributed by atoms with Gasteiger partial charge in [-0.25, -0.2) is 0 Å². The van der Waals surface area contributed by atoms with Crippen molar-refractivity contribution in [3.05, 3.63) is 0 Å². The van der Waals surface area contributed by atoms with Gasteiger partial charge in [0.2, 0.25) is 0 Å². The molecule has 0 aromatic rings. The molecular weight excluding hydrogens is 296 g/mol. The smallest absolute Gasteiger partial charge is 0.320 e. The molecule has 1 aliphatic rings. The lowest BCUT2D eigenvalue weighted by atomic mass is 10.1. The highest BCUT2D eigenvalue weighted by atomic mass is 16.5. The molecule has 0 bridgehead atoms. The van der Waals surface area contributed by atoms with Crippen LogP contribution in [0.15, 0.2) is 0 Å². The topological polar surface area (TPSA) is 59.1 Å². The molecular formula is C17H36N2O4. The number of piperidine rings is 1. The molecule has 1 aliphatic heterocycles. The zero-order valence-electron chi connectivity index (χ0n) is 16.1. The van der Waals surface area contributed by atoms with Gasteiger partial charge in [-0.15, -0.1) is 0 Å². The first-order valence-corrected chi connectivity index (χ1v) is 8.48. The van der Waals surface area contributed by atoms with E-state index in [0.717, 1.165) is 13.1 Å². The van der Waals surface area contributed by atoms with Crippen molar-refractivity contribution in [3.63, 3.8) is 0 Å². The summed E-state index contributed by atoms with van der Waals surface area (Å²) in [5.41, 5.74) is 0. The number of hydrogen-bond donors (Lipinski definition) is 0. The van der Waals surface area contributed by atoms with E-state index in [2.05, 4.69) is 9.64 Å². The monoisotopic (exact) mass is 332 g/mol. The molecule has 0 N–H and O–H groups in total. The van der Waals surface area contributed by atoms with Gasteiger partial charge in [-0.05, 0) is 53.9 Å². The number of esters is 2. The van der Waals surface area contributed by atoms with Crippen molar-refractivity contribution >= 4 is 11.9 Å². The minimum atomic E-state index is -0.167. The maximum atomic E-state index is 10.8. The van der Waals surface area contributed by atoms with E-state index >= 15 is 0 Å². The minimum Gasteiger partial charge on any atom is -0.468 e. The Kier molecular flexibility index (Phi) is 16.5. The van der Waals surface area contributed by atoms with E-state index in [-0.39, 0.29) is 18.0 Å². The molecule has 0 amide bonds. The van der Waals surface area contributed by atoms with Gasteiger partial charge in [0.1, 0.15) is 0 Å². The Labute approximate surface area is 142 Å². The van der Waals surface area contributed by atoms with Crippen LogP contribution >= 0.6 is 0 Å². The number of carbonyl (C=O) groups is 2. The van der Waals surface area contributed by atoms with Crippen molar-refractivity contribution in [3.8, 4) is 0 Å². The van der Waals surface area contributed by atoms with Crippen LogP contribution in [0.25, 0.3) is 0 Å². The predicted molar refractivity (Wildman–Crippen MR) is 93.4 cm³/mol. The molecule has 0 spiro atoms. The maximum Gasteiger partial charge on any atom is 0.320 e. The number of likely N-dealkylation sites (tertiary alicyclic amines) is 1. The molecule has 0 aliphatic carbocycles. The quantitative estimate of drug-likeness (QED) is 0.719. The average Bonchev–Trinajstić information content (AvgIpc) is 2.49. The van der Waals surface area contributed by atoms with Crippen LogP contribution in [0.4, 0.5) is 0 Å². The van der Waals surface area contributed by atoms with E-state index in [1.165, 1.54) is 26.4 Å². The summed E-state index contributed by atoms with van der Waals surface area (Å²) in [4.78, 5) is 25.5. The van der Waals surface area contributed by atoms with Crippen LogP contribution in [0, 0.1) is 0 Å². The highest BCUT2D eigenvalue weighted by Gasteiger charge is 2.13. The third-order valence-corrected chi connectivity index (χ3v) is 2.84. The zero-order chi connectivity index (χ0) is 18.3. The molecule has 0 radical (unpaired) electrons. The molecule has 0 aromatic heterocycles. The highest BCUT2D eigenvalue weighted by molar-refractivity contribution is 5.71. The minimum absolute atomic E-state index is 0.00699. The lowest BCUT2D eigenvalue weighted by Gasteiger charge is -2.24. The number of carbonyl (C=O) groups excluding carboxylic acids is 2. The summed E-state index contributed by atoms with van der Waals surface area (Å²) in [6, 6.07) is 0. The molecule has 6 nitrogen and oxygen atoms in total. The van der Waals surface area contributed by atoms with Gasteiger partial charge in [0.25, 0.3) is 0 Å². The zero-order valence-corrected chi connectivity index (χ0v) is 16.1. The van der Waals surface area contributed by atoms with Gasteiger partial charge in [-0.3, -0.25) is 19.4 Å². The van der Waals surface area contributed by atoms with Crippen molar-refractivity contribution in [2.45, 2.75) is 53.1 Å². The normalized spacial score (nSPS) is 14.3. The van der Waals surface area contributed by atoms with Crippen LogP contribution in [-0.4, -0.2) is 75.2 Å². The lowest BCUT2D eigenvalue weighted by molar-refractivity contribution is -0.148. The van der Waals surface area contributed by atoms with Crippen molar-refractivity contribution in [1.82, 2.24) is 9.80 Å². The van der Waals surface area contributed by atoms with Crippen LogP contribution in [0.2, 0.25) is 0 Å². The van der Waals surface area contributed by atoms with Gasteiger partial charge < -0.3 is 9.47 Å². The maximum absolute atomic E-state index is 10.8. The van der Waals surface area contributed by atoms with E-state index < -0.39 is 0 Å². The van der Waals surface area contributed by atoms with Crippen molar-refractivity contribution < 1.29 is 19.1 Å². The standard InChI is InChI=1S/C8H15NO2.C7H15NO2.C2H6/c1-11-8(10)7-9-5-3-2-4-6-9;1-6(2)10-7(9)5-8(3)4;1-2/h2-7H2,1H3;6H,5H2,1-4H3;1-2H3. The largest absolute Gasteiger partial charge is 0.468 e. The fraction of sp³-hybridized carbons (Fsp3) is 0.882. The number of rotatable bonds is 5. The fourth-order valence-corrected chi connectivity index (χ4v) is 1.92. The van der Waals surface area contributed by atoms with Gasteiger partial charge >= 0.3 is 11.9 Å². The van der Waals surface area contributed by atoms with Gasteiger partial charge in [0.05, 0.1) is 26.3 Å². The fourth-order valence-electron chi connectivity index (χ4n) is 1.92. The third-order valence-electron chi connectivity index (χ3n) is 2.84. The second kappa shape index (κ2) is 15.7. The van der Waals surface area contributed by atoms with Gasteiger partial charge in [0.15, 0.2) is 0 Å². The SMILES string of the molecule is CC.CC(C)OC(=O)CN(C)C.COC(=O)CN1CCCCC1. The molecule has 0 saturated carbocycles. The first kappa shape index (κ1) is 24.1. The summed E-state index contributed by atoms with van der Waals surface area (Å²) in [7, 11) is 5.11. The molecule has 1 heterocycles. The van der Waals surface area contributed by atoms with Crippen LogP contribution in [0.3, 0.4) is 0 Å². The van der Waals surface area contributed by atoms with Crippen LogP contribution in [-0.2, 0) is 19.1 Å². The Morgan fingerprint density at radius 2 is 1.57 bits per heavy atom. The summed E-state index contributed by atoms with van der Waals surface area (Å²) < 4.78 is 9.45. The Balaban J connectivity index is 0. The molecule has 23 heavy (non-hydrogen) atoms. The van der Waals surface area contributed by atoms with Gasteiger partial charge in [0, 0.05) is 0 Å².